The summed E-state index contributed by atoms with van der Waals surface area (Å²) in [6, 6.07) is 11.2. The molecule has 100 valence electrons. The van der Waals surface area contributed by atoms with Crippen molar-refractivity contribution >= 4 is 40.7 Å². The number of nitrogen functional groups attached to an aromatic ring is 1. The summed E-state index contributed by atoms with van der Waals surface area (Å²) in [4.78, 5) is 0.991. The molecule has 0 atom stereocenters. The Balaban J connectivity index is 2.11. The Bertz CT molecular complexity index is 590. The van der Waals surface area contributed by atoms with Gasteiger partial charge in [0, 0.05) is 16.3 Å². The van der Waals surface area contributed by atoms with Crippen LogP contribution < -0.4 is 10.5 Å². The Morgan fingerprint density at radius 3 is 2.58 bits per heavy atom. The highest BCUT2D eigenvalue weighted by molar-refractivity contribution is 7.98. The van der Waals surface area contributed by atoms with E-state index < -0.39 is 0 Å². The molecule has 0 fully saturated rings. The normalized spacial score (nSPS) is 10.5. The van der Waals surface area contributed by atoms with Gasteiger partial charge in [0.2, 0.25) is 0 Å². The molecule has 2 N–H and O–H groups in total. The predicted octanol–water partition coefficient (Wildman–Crippen LogP) is 4.88. The zero-order valence-electron chi connectivity index (χ0n) is 10.3. The minimum Gasteiger partial charge on any atom is -0.497 e. The predicted molar refractivity (Wildman–Crippen MR) is 83.4 cm³/mol. The lowest BCUT2D eigenvalue weighted by molar-refractivity contribution is 0.414. The van der Waals surface area contributed by atoms with Crippen LogP contribution in [0.5, 0.6) is 5.75 Å². The van der Waals surface area contributed by atoms with E-state index in [2.05, 4.69) is 0 Å². The van der Waals surface area contributed by atoms with Gasteiger partial charge in [0.25, 0.3) is 0 Å². The van der Waals surface area contributed by atoms with Crippen molar-refractivity contribution in [3.63, 3.8) is 0 Å². The minimum atomic E-state index is 0.566. The van der Waals surface area contributed by atoms with E-state index in [1.54, 1.807) is 24.9 Å². The third-order valence-corrected chi connectivity index (χ3v) is 4.48. The molecular weight excluding hydrogens is 301 g/mol. The molecule has 0 amide bonds. The summed E-state index contributed by atoms with van der Waals surface area (Å²) in [6.45, 7) is 0. The van der Waals surface area contributed by atoms with Gasteiger partial charge in [-0.1, -0.05) is 29.3 Å². The average molecular weight is 314 g/mol. The van der Waals surface area contributed by atoms with Gasteiger partial charge in [-0.3, -0.25) is 0 Å². The Morgan fingerprint density at radius 1 is 1.11 bits per heavy atom. The molecule has 5 heteroatoms. The molecule has 0 aromatic heterocycles. The van der Waals surface area contributed by atoms with Gasteiger partial charge in [-0.25, -0.2) is 0 Å². The van der Waals surface area contributed by atoms with E-state index in [1.807, 2.05) is 30.3 Å². The zero-order chi connectivity index (χ0) is 13.8. The van der Waals surface area contributed by atoms with Gasteiger partial charge in [0.1, 0.15) is 5.75 Å². The maximum Gasteiger partial charge on any atom is 0.120 e. The van der Waals surface area contributed by atoms with Crippen LogP contribution in [0.15, 0.2) is 41.3 Å². The van der Waals surface area contributed by atoms with Crippen LogP contribution >= 0.6 is 35.0 Å². The number of nitrogens with two attached hydrogens (primary N) is 1. The van der Waals surface area contributed by atoms with Crippen LogP contribution in [0.2, 0.25) is 10.0 Å². The van der Waals surface area contributed by atoms with Crippen LogP contribution in [-0.4, -0.2) is 7.11 Å². The lowest BCUT2D eigenvalue weighted by Crippen LogP contribution is -1.91. The number of hydrogen-bond donors (Lipinski definition) is 1. The summed E-state index contributed by atoms with van der Waals surface area (Å²) in [5.74, 6) is 1.57. The molecular formula is C14H13Cl2NOS. The Kier molecular flexibility index (Phi) is 4.86. The number of benzene rings is 2. The molecule has 2 rings (SSSR count). The van der Waals surface area contributed by atoms with Crippen molar-refractivity contribution in [3.8, 4) is 5.75 Å². The molecule has 0 aliphatic heterocycles. The highest BCUT2D eigenvalue weighted by atomic mass is 35.5. The van der Waals surface area contributed by atoms with Crippen molar-refractivity contribution < 1.29 is 4.74 Å². The molecule has 0 aliphatic carbocycles. The van der Waals surface area contributed by atoms with Crippen molar-refractivity contribution in [1.29, 1.82) is 0 Å². The van der Waals surface area contributed by atoms with E-state index in [0.29, 0.717) is 10.0 Å². The van der Waals surface area contributed by atoms with Crippen LogP contribution in [0, 0.1) is 0 Å². The van der Waals surface area contributed by atoms with Gasteiger partial charge in [0.05, 0.1) is 17.2 Å². The number of halogens is 2. The summed E-state index contributed by atoms with van der Waals surface area (Å²) >= 11 is 13.5. The number of anilines is 1. The van der Waals surface area contributed by atoms with E-state index in [9.17, 15) is 0 Å². The molecule has 0 aliphatic rings. The average Bonchev–Trinajstić information content (AvgIpc) is 2.41. The number of methoxy groups -OCH3 is 1. The molecule has 0 radical (unpaired) electrons. The van der Waals surface area contributed by atoms with Gasteiger partial charge in [-0.15, -0.1) is 11.8 Å². The first-order chi connectivity index (χ1) is 9.10. The number of rotatable bonds is 4. The van der Waals surface area contributed by atoms with Gasteiger partial charge < -0.3 is 10.5 Å². The molecule has 19 heavy (non-hydrogen) atoms. The summed E-state index contributed by atoms with van der Waals surface area (Å²) in [6.07, 6.45) is 0. The van der Waals surface area contributed by atoms with Crippen molar-refractivity contribution in [2.45, 2.75) is 10.6 Å². The maximum atomic E-state index is 5.99. The van der Waals surface area contributed by atoms with E-state index in [1.165, 1.54) is 0 Å². The van der Waals surface area contributed by atoms with Crippen LogP contribution in [0.1, 0.15) is 5.56 Å². The van der Waals surface area contributed by atoms with Crippen LogP contribution in [0.25, 0.3) is 0 Å². The molecule has 2 nitrogen and oxygen atoms in total. The zero-order valence-corrected chi connectivity index (χ0v) is 12.6. The monoisotopic (exact) mass is 313 g/mol. The second kappa shape index (κ2) is 6.42. The van der Waals surface area contributed by atoms with Crippen LogP contribution in [0.4, 0.5) is 5.69 Å². The van der Waals surface area contributed by atoms with E-state index in [4.69, 9.17) is 33.7 Å². The topological polar surface area (TPSA) is 35.2 Å². The summed E-state index contributed by atoms with van der Waals surface area (Å²) in [5, 5.41) is 1.13. The van der Waals surface area contributed by atoms with Gasteiger partial charge >= 0.3 is 0 Å². The van der Waals surface area contributed by atoms with E-state index >= 15 is 0 Å². The molecule has 0 bridgehead atoms. The molecule has 2 aromatic carbocycles. The number of ether oxygens (including phenoxy) is 1. The highest BCUT2D eigenvalue weighted by Gasteiger charge is 2.05. The molecule has 0 heterocycles. The molecule has 2 aromatic rings. The van der Waals surface area contributed by atoms with Crippen LogP contribution in [-0.2, 0) is 5.75 Å². The molecule has 0 spiro atoms. The fraction of sp³-hybridized carbons (Fsp3) is 0.143. The maximum absolute atomic E-state index is 5.99. The molecule has 0 unspecified atom stereocenters. The summed E-state index contributed by atoms with van der Waals surface area (Å²) in [5.41, 5.74) is 7.78. The highest BCUT2D eigenvalue weighted by Crippen LogP contribution is 2.32. The van der Waals surface area contributed by atoms with Crippen molar-refractivity contribution in [3.05, 3.63) is 52.0 Å². The lowest BCUT2D eigenvalue weighted by atomic mass is 10.2. The lowest BCUT2D eigenvalue weighted by Gasteiger charge is -2.08. The minimum absolute atomic E-state index is 0.566. The fourth-order valence-corrected chi connectivity index (χ4v) is 2.81. The van der Waals surface area contributed by atoms with Gasteiger partial charge in [-0.05, 0) is 35.9 Å². The fourth-order valence-electron chi connectivity index (χ4n) is 1.56. The van der Waals surface area contributed by atoms with Crippen molar-refractivity contribution in [2.24, 2.45) is 0 Å². The second-order valence-corrected chi connectivity index (χ2v) is 5.77. The summed E-state index contributed by atoms with van der Waals surface area (Å²) in [7, 11) is 1.64. The summed E-state index contributed by atoms with van der Waals surface area (Å²) < 4.78 is 5.19. The Hall–Kier alpha value is -1.03. The Morgan fingerprint density at radius 2 is 1.89 bits per heavy atom. The number of hydrogen-bond acceptors (Lipinski definition) is 3. The third-order valence-electron chi connectivity index (χ3n) is 2.60. The SMILES string of the molecule is COc1ccc(N)c(SCc2ccc(Cl)c(Cl)c2)c1. The first-order valence-electron chi connectivity index (χ1n) is 5.60. The molecule has 0 saturated carbocycles. The van der Waals surface area contributed by atoms with Crippen LogP contribution in [0.3, 0.4) is 0 Å². The van der Waals surface area contributed by atoms with Gasteiger partial charge in [0.15, 0.2) is 0 Å². The first kappa shape index (κ1) is 14.4. The smallest absolute Gasteiger partial charge is 0.120 e. The first-order valence-corrected chi connectivity index (χ1v) is 7.34. The van der Waals surface area contributed by atoms with E-state index in [0.717, 1.165) is 27.6 Å². The quantitative estimate of drug-likeness (QED) is 0.645. The Labute approximate surface area is 126 Å². The third kappa shape index (κ3) is 3.72. The molecule has 0 saturated heterocycles. The van der Waals surface area contributed by atoms with Crippen molar-refractivity contribution in [2.75, 3.05) is 12.8 Å². The largest absolute Gasteiger partial charge is 0.497 e. The number of thioether (sulfide) groups is 1. The second-order valence-electron chi connectivity index (χ2n) is 3.94. The van der Waals surface area contributed by atoms with Crippen molar-refractivity contribution in [1.82, 2.24) is 0 Å². The standard InChI is InChI=1S/C14H13Cl2NOS/c1-18-10-3-5-13(17)14(7-10)19-8-9-2-4-11(15)12(16)6-9/h2-7H,8,17H2,1H3. The van der Waals surface area contributed by atoms with Gasteiger partial charge in [-0.2, -0.15) is 0 Å². The van der Waals surface area contributed by atoms with E-state index in [-0.39, 0.29) is 0 Å².